The van der Waals surface area contributed by atoms with Crippen LogP contribution in [0, 0.1) is 0 Å². The maximum Gasteiger partial charge on any atom is 0.150 e. The smallest absolute Gasteiger partial charge is 0.150 e. The van der Waals surface area contributed by atoms with E-state index >= 15 is 0 Å². The first kappa shape index (κ1) is 10.7. The number of hydrogen-bond acceptors (Lipinski definition) is 3. The molecule has 4 heteroatoms. The van der Waals surface area contributed by atoms with E-state index in [1.54, 1.807) is 0 Å². The minimum atomic E-state index is -2.72. The molecule has 1 N–H and O–H groups in total. The molecule has 0 unspecified atom stereocenters. The molecule has 0 aromatic heterocycles. The predicted octanol–water partition coefficient (Wildman–Crippen LogP) is 0.729. The highest BCUT2D eigenvalue weighted by Gasteiger charge is 2.22. The molecule has 0 amide bonds. The number of rotatable bonds is 3. The Morgan fingerprint density at radius 3 is 2.46 bits per heavy atom. The fourth-order valence-electron chi connectivity index (χ4n) is 1.41. The van der Waals surface area contributed by atoms with E-state index in [0.29, 0.717) is 17.5 Å². The Morgan fingerprint density at radius 1 is 1.46 bits per heavy atom. The van der Waals surface area contributed by atoms with Gasteiger partial charge in [0, 0.05) is 12.6 Å². The van der Waals surface area contributed by atoms with Gasteiger partial charge in [0.05, 0.1) is 11.5 Å². The molecule has 1 rings (SSSR count). The van der Waals surface area contributed by atoms with Crippen molar-refractivity contribution in [2.75, 3.05) is 18.1 Å². The topological polar surface area (TPSA) is 46.2 Å². The van der Waals surface area contributed by atoms with E-state index in [0.717, 1.165) is 25.0 Å². The zero-order valence-electron chi connectivity index (χ0n) is 8.04. The van der Waals surface area contributed by atoms with Gasteiger partial charge in [-0.25, -0.2) is 8.42 Å². The summed E-state index contributed by atoms with van der Waals surface area (Å²) in [7, 11) is -2.72. The largest absolute Gasteiger partial charge is 0.310 e. The summed E-state index contributed by atoms with van der Waals surface area (Å²) in [5, 5.41) is 3.29. The highest BCUT2D eigenvalue weighted by Crippen LogP contribution is 2.11. The van der Waals surface area contributed by atoms with E-state index in [-0.39, 0.29) is 0 Å². The molecule has 0 aliphatic carbocycles. The number of sulfone groups is 1. The van der Waals surface area contributed by atoms with Gasteiger partial charge in [0.2, 0.25) is 0 Å². The van der Waals surface area contributed by atoms with Crippen LogP contribution in [0.2, 0.25) is 0 Å². The lowest BCUT2D eigenvalue weighted by atomic mass is 10.1. The molecule has 1 saturated heterocycles. The van der Waals surface area contributed by atoms with Gasteiger partial charge in [-0.15, -0.1) is 0 Å². The lowest BCUT2D eigenvalue weighted by Gasteiger charge is -2.23. The van der Waals surface area contributed by atoms with E-state index in [9.17, 15) is 8.42 Å². The molecule has 76 valence electrons. The normalized spacial score (nSPS) is 22.8. The molecule has 0 aromatic carbocycles. The highest BCUT2D eigenvalue weighted by atomic mass is 32.2. The molecular weight excluding hydrogens is 186 g/mol. The lowest BCUT2D eigenvalue weighted by Crippen LogP contribution is -2.38. The van der Waals surface area contributed by atoms with E-state index in [2.05, 4.69) is 11.9 Å². The fourth-order valence-corrected chi connectivity index (χ4v) is 2.90. The maximum absolute atomic E-state index is 11.1. The molecule has 0 spiro atoms. The monoisotopic (exact) mass is 203 g/mol. The summed E-state index contributed by atoms with van der Waals surface area (Å²) in [6.07, 6.45) is 1.49. The summed E-state index contributed by atoms with van der Waals surface area (Å²) in [5.74, 6) is 0.668. The molecule has 3 nitrogen and oxygen atoms in total. The minimum absolute atomic E-state index is 0.334. The summed E-state index contributed by atoms with van der Waals surface area (Å²) < 4.78 is 22.2. The van der Waals surface area contributed by atoms with E-state index in [1.165, 1.54) is 0 Å². The predicted molar refractivity (Wildman–Crippen MR) is 54.5 cm³/mol. The van der Waals surface area contributed by atoms with E-state index < -0.39 is 9.84 Å². The summed E-state index contributed by atoms with van der Waals surface area (Å²) in [5.41, 5.74) is 1.09. The Bertz CT molecular complexity index is 268. The van der Waals surface area contributed by atoms with E-state index in [4.69, 9.17) is 0 Å². The van der Waals surface area contributed by atoms with Crippen LogP contribution in [0.5, 0.6) is 0 Å². The van der Waals surface area contributed by atoms with Crippen LogP contribution in [0.4, 0.5) is 0 Å². The third-order valence-electron chi connectivity index (χ3n) is 2.25. The standard InChI is InChI=1S/C9H17NO2S/c1-8(2)7-10-9-3-5-13(11,12)6-4-9/h9-10H,1,3-7H2,2H3. The Morgan fingerprint density at radius 2 is 2.00 bits per heavy atom. The average molecular weight is 203 g/mol. The van der Waals surface area contributed by atoms with Crippen LogP contribution in [0.15, 0.2) is 12.2 Å². The van der Waals surface area contributed by atoms with Crippen LogP contribution >= 0.6 is 0 Å². The Kier molecular flexibility index (Phi) is 3.50. The summed E-state index contributed by atoms with van der Waals surface area (Å²) >= 11 is 0. The van der Waals surface area contributed by atoms with Crippen LogP contribution in [0.1, 0.15) is 19.8 Å². The summed E-state index contributed by atoms with van der Waals surface area (Å²) in [6.45, 7) is 6.55. The van der Waals surface area contributed by atoms with Crippen molar-refractivity contribution < 1.29 is 8.42 Å². The minimum Gasteiger partial charge on any atom is -0.310 e. The van der Waals surface area contributed by atoms with Crippen LogP contribution in [-0.2, 0) is 9.84 Å². The highest BCUT2D eigenvalue weighted by molar-refractivity contribution is 7.91. The van der Waals surface area contributed by atoms with Crippen molar-refractivity contribution >= 4 is 9.84 Å². The maximum atomic E-state index is 11.1. The molecule has 0 atom stereocenters. The Labute approximate surface area is 80.1 Å². The quantitative estimate of drug-likeness (QED) is 0.688. The molecule has 1 aliphatic heterocycles. The van der Waals surface area contributed by atoms with Crippen molar-refractivity contribution in [2.24, 2.45) is 0 Å². The summed E-state index contributed by atoms with van der Waals surface area (Å²) in [4.78, 5) is 0. The third-order valence-corrected chi connectivity index (χ3v) is 3.96. The zero-order valence-corrected chi connectivity index (χ0v) is 8.86. The molecule has 1 fully saturated rings. The molecule has 0 saturated carbocycles. The van der Waals surface area contributed by atoms with Crippen molar-refractivity contribution in [1.82, 2.24) is 5.32 Å². The number of hydrogen-bond donors (Lipinski definition) is 1. The second-order valence-corrected chi connectivity index (χ2v) is 6.07. The SMILES string of the molecule is C=C(C)CNC1CCS(=O)(=O)CC1. The lowest BCUT2D eigenvalue weighted by molar-refractivity contribution is 0.479. The first-order valence-electron chi connectivity index (χ1n) is 4.58. The number of nitrogens with one attached hydrogen (secondary N) is 1. The molecule has 0 bridgehead atoms. The Hall–Kier alpha value is -0.350. The Balaban J connectivity index is 2.29. The van der Waals surface area contributed by atoms with Gasteiger partial charge < -0.3 is 5.32 Å². The van der Waals surface area contributed by atoms with Crippen molar-refractivity contribution in [3.63, 3.8) is 0 Å². The molecule has 13 heavy (non-hydrogen) atoms. The molecular formula is C9H17NO2S. The van der Waals surface area contributed by atoms with Gasteiger partial charge in [0.25, 0.3) is 0 Å². The van der Waals surface area contributed by atoms with Crippen LogP contribution in [0.25, 0.3) is 0 Å². The molecule has 1 heterocycles. The van der Waals surface area contributed by atoms with E-state index in [1.807, 2.05) is 6.92 Å². The second-order valence-electron chi connectivity index (χ2n) is 3.76. The first-order chi connectivity index (χ1) is 5.99. The molecule has 0 aromatic rings. The van der Waals surface area contributed by atoms with Gasteiger partial charge in [0.15, 0.2) is 0 Å². The fraction of sp³-hybridized carbons (Fsp3) is 0.778. The van der Waals surface area contributed by atoms with Gasteiger partial charge in [0.1, 0.15) is 9.84 Å². The average Bonchev–Trinajstić information content (AvgIpc) is 2.02. The van der Waals surface area contributed by atoms with Gasteiger partial charge >= 0.3 is 0 Å². The van der Waals surface area contributed by atoms with Crippen molar-refractivity contribution in [3.8, 4) is 0 Å². The molecule has 1 aliphatic rings. The van der Waals surface area contributed by atoms with Crippen molar-refractivity contribution in [3.05, 3.63) is 12.2 Å². The van der Waals surface area contributed by atoms with Crippen LogP contribution in [-0.4, -0.2) is 32.5 Å². The molecule has 0 radical (unpaired) electrons. The van der Waals surface area contributed by atoms with Gasteiger partial charge in [-0.3, -0.25) is 0 Å². The summed E-state index contributed by atoms with van der Waals surface area (Å²) in [6, 6.07) is 0.361. The van der Waals surface area contributed by atoms with Gasteiger partial charge in [-0.05, 0) is 19.8 Å². The van der Waals surface area contributed by atoms with Crippen LogP contribution < -0.4 is 5.32 Å². The van der Waals surface area contributed by atoms with Crippen LogP contribution in [0.3, 0.4) is 0 Å². The van der Waals surface area contributed by atoms with Gasteiger partial charge in [-0.2, -0.15) is 0 Å². The second kappa shape index (κ2) is 4.24. The van der Waals surface area contributed by atoms with Crippen molar-refractivity contribution in [2.45, 2.75) is 25.8 Å². The van der Waals surface area contributed by atoms with Crippen molar-refractivity contribution in [1.29, 1.82) is 0 Å². The zero-order chi connectivity index (χ0) is 9.90. The van der Waals surface area contributed by atoms with Gasteiger partial charge in [-0.1, -0.05) is 12.2 Å². The third kappa shape index (κ3) is 3.91. The first-order valence-corrected chi connectivity index (χ1v) is 6.40.